The zero-order valence-electron chi connectivity index (χ0n) is 20.0. The van der Waals surface area contributed by atoms with Gasteiger partial charge in [-0.2, -0.15) is 0 Å². The number of halogens is 1. The molecule has 2 fully saturated rings. The lowest BCUT2D eigenvalue weighted by atomic mass is 10.1. The fourth-order valence-corrected chi connectivity index (χ4v) is 5.30. The van der Waals surface area contributed by atoms with Crippen LogP contribution in [0.3, 0.4) is 0 Å². The molecule has 2 aliphatic rings. The van der Waals surface area contributed by atoms with Gasteiger partial charge in [-0.15, -0.1) is 0 Å². The number of benzene rings is 2. The van der Waals surface area contributed by atoms with Gasteiger partial charge in [-0.05, 0) is 90.4 Å². The van der Waals surface area contributed by atoms with E-state index in [1.54, 1.807) is 21.9 Å². The summed E-state index contributed by atoms with van der Waals surface area (Å²) in [4.78, 5) is 34.7. The molecule has 0 radical (unpaired) electrons. The average Bonchev–Trinajstić information content (AvgIpc) is 3.14. The second-order valence-electron chi connectivity index (χ2n) is 8.37. The van der Waals surface area contributed by atoms with Gasteiger partial charge < -0.3 is 14.4 Å². The van der Waals surface area contributed by atoms with Crippen LogP contribution in [0.5, 0.6) is 5.75 Å². The van der Waals surface area contributed by atoms with Gasteiger partial charge in [-0.3, -0.25) is 14.5 Å². The lowest BCUT2D eigenvalue weighted by Crippen LogP contribution is -2.40. The minimum atomic E-state index is -0.0876. The van der Waals surface area contributed by atoms with E-state index in [4.69, 9.17) is 14.5 Å². The Labute approximate surface area is 218 Å². The number of hydrogen-bond acceptors (Lipinski definition) is 6. The summed E-state index contributed by atoms with van der Waals surface area (Å²) in [6, 6.07) is 13.0. The lowest BCUT2D eigenvalue weighted by molar-refractivity contribution is -0.122. The van der Waals surface area contributed by atoms with E-state index in [2.05, 4.69) is 15.9 Å². The van der Waals surface area contributed by atoms with Crippen LogP contribution < -0.4 is 4.74 Å². The van der Waals surface area contributed by atoms with Crippen molar-refractivity contribution < 1.29 is 19.1 Å². The molecule has 2 saturated heterocycles. The normalized spacial score (nSPS) is 18.7. The van der Waals surface area contributed by atoms with Crippen molar-refractivity contribution >= 4 is 56.4 Å². The Hall–Kier alpha value is -2.62. The number of ether oxygens (including phenoxy) is 2. The summed E-state index contributed by atoms with van der Waals surface area (Å²) in [5.41, 5.74) is 2.10. The van der Waals surface area contributed by atoms with Crippen molar-refractivity contribution in [1.29, 1.82) is 0 Å². The first kappa shape index (κ1) is 25.5. The quantitative estimate of drug-likeness (QED) is 0.449. The van der Waals surface area contributed by atoms with Crippen molar-refractivity contribution in [3.8, 4) is 5.75 Å². The average molecular weight is 558 g/mol. The van der Waals surface area contributed by atoms with Crippen molar-refractivity contribution in [3.05, 3.63) is 63.0 Å². The molecule has 0 aliphatic carbocycles. The van der Waals surface area contributed by atoms with Crippen LogP contribution in [0.15, 0.2) is 56.8 Å². The first-order chi connectivity index (χ1) is 16.9. The number of carbonyl (C=O) groups excluding carboxylic acids is 2. The van der Waals surface area contributed by atoms with Crippen molar-refractivity contribution in [2.45, 2.75) is 26.9 Å². The topological polar surface area (TPSA) is 71.4 Å². The zero-order valence-corrected chi connectivity index (χ0v) is 22.4. The van der Waals surface area contributed by atoms with E-state index in [1.165, 1.54) is 11.8 Å². The smallest absolute Gasteiger partial charge is 0.266 e. The number of amidine groups is 1. The SMILES string of the molecule is CCN1C(=O)/C(=C\c2ccc(OC(C)C)c(Br)c2)SC1=Nc1cccc(C(=O)N2CCOCC2)c1. The van der Waals surface area contributed by atoms with Crippen LogP contribution in [0.1, 0.15) is 36.7 Å². The van der Waals surface area contributed by atoms with Gasteiger partial charge in [-0.25, -0.2) is 4.99 Å². The number of morpholine rings is 1. The van der Waals surface area contributed by atoms with Crippen LogP contribution in [0, 0.1) is 0 Å². The third-order valence-corrected chi connectivity index (χ3v) is 7.06. The second kappa shape index (κ2) is 11.4. The van der Waals surface area contributed by atoms with Gasteiger partial charge in [-0.1, -0.05) is 12.1 Å². The van der Waals surface area contributed by atoms with Gasteiger partial charge in [0.25, 0.3) is 11.8 Å². The fourth-order valence-electron chi connectivity index (χ4n) is 3.75. The maximum absolute atomic E-state index is 13.1. The highest BCUT2D eigenvalue weighted by molar-refractivity contribution is 9.10. The summed E-state index contributed by atoms with van der Waals surface area (Å²) < 4.78 is 11.9. The monoisotopic (exact) mass is 557 g/mol. The number of carbonyl (C=O) groups is 2. The van der Waals surface area contributed by atoms with Crippen molar-refractivity contribution in [3.63, 3.8) is 0 Å². The Morgan fingerprint density at radius 1 is 1.23 bits per heavy atom. The van der Waals surface area contributed by atoms with Gasteiger partial charge in [0.2, 0.25) is 0 Å². The van der Waals surface area contributed by atoms with Crippen LogP contribution in [-0.4, -0.2) is 65.7 Å². The maximum Gasteiger partial charge on any atom is 0.266 e. The van der Waals surface area contributed by atoms with Crippen LogP contribution in [0.4, 0.5) is 5.69 Å². The van der Waals surface area contributed by atoms with E-state index in [-0.39, 0.29) is 17.9 Å². The number of hydrogen-bond donors (Lipinski definition) is 0. The minimum absolute atomic E-state index is 0.0334. The van der Waals surface area contributed by atoms with Crippen LogP contribution in [-0.2, 0) is 9.53 Å². The number of amides is 2. The van der Waals surface area contributed by atoms with Crippen LogP contribution >= 0.6 is 27.7 Å². The highest BCUT2D eigenvalue weighted by Gasteiger charge is 2.32. The Balaban J connectivity index is 1.56. The molecule has 2 aliphatic heterocycles. The Morgan fingerprint density at radius 3 is 2.69 bits per heavy atom. The predicted molar refractivity (Wildman–Crippen MR) is 143 cm³/mol. The van der Waals surface area contributed by atoms with E-state index in [0.29, 0.717) is 54.2 Å². The molecular weight excluding hydrogens is 530 g/mol. The molecular formula is C26H28BrN3O4S. The zero-order chi connectivity index (χ0) is 24.9. The van der Waals surface area contributed by atoms with Gasteiger partial charge in [0.1, 0.15) is 5.75 Å². The van der Waals surface area contributed by atoms with E-state index in [0.717, 1.165) is 15.8 Å². The minimum Gasteiger partial charge on any atom is -0.490 e. The molecule has 0 saturated carbocycles. The summed E-state index contributed by atoms with van der Waals surface area (Å²) in [6.07, 6.45) is 1.93. The highest BCUT2D eigenvalue weighted by atomic mass is 79.9. The van der Waals surface area contributed by atoms with E-state index < -0.39 is 0 Å². The number of likely N-dealkylation sites (N-methyl/N-ethyl adjacent to an activating group) is 1. The first-order valence-electron chi connectivity index (χ1n) is 11.6. The molecule has 0 N–H and O–H groups in total. The molecule has 9 heteroatoms. The highest BCUT2D eigenvalue weighted by Crippen LogP contribution is 2.35. The Kier molecular flexibility index (Phi) is 8.30. The predicted octanol–water partition coefficient (Wildman–Crippen LogP) is 5.33. The van der Waals surface area contributed by atoms with E-state index >= 15 is 0 Å². The van der Waals surface area contributed by atoms with E-state index in [9.17, 15) is 9.59 Å². The summed E-state index contributed by atoms with van der Waals surface area (Å²) in [5.74, 6) is 0.640. The summed E-state index contributed by atoms with van der Waals surface area (Å²) in [7, 11) is 0. The first-order valence-corrected chi connectivity index (χ1v) is 13.2. The lowest BCUT2D eigenvalue weighted by Gasteiger charge is -2.26. The number of nitrogens with zero attached hydrogens (tertiary/aromatic N) is 3. The molecule has 7 nitrogen and oxygen atoms in total. The largest absolute Gasteiger partial charge is 0.490 e. The van der Waals surface area contributed by atoms with Crippen LogP contribution in [0.25, 0.3) is 6.08 Å². The molecule has 0 aromatic heterocycles. The molecule has 2 aromatic carbocycles. The standard InChI is InChI=1S/C26H28BrN3O4S/c1-4-30-25(32)23(15-18-8-9-22(21(27)14-18)34-17(2)3)35-26(30)28-20-7-5-6-19(16-20)24(31)29-10-12-33-13-11-29/h5-9,14-17H,4,10-13H2,1-3H3/b23-15+,28-26?. The Bertz CT molecular complexity index is 1170. The molecule has 0 unspecified atom stereocenters. The van der Waals surface area contributed by atoms with Crippen molar-refractivity contribution in [1.82, 2.24) is 9.80 Å². The molecule has 184 valence electrons. The number of thioether (sulfide) groups is 1. The Morgan fingerprint density at radius 2 is 2.00 bits per heavy atom. The van der Waals surface area contributed by atoms with Gasteiger partial charge in [0, 0.05) is 25.2 Å². The summed E-state index contributed by atoms with van der Waals surface area (Å²) in [6.45, 7) is 8.65. The van der Waals surface area contributed by atoms with Gasteiger partial charge in [0.15, 0.2) is 5.17 Å². The van der Waals surface area contributed by atoms with Crippen molar-refractivity contribution in [2.24, 2.45) is 4.99 Å². The van der Waals surface area contributed by atoms with Crippen LogP contribution in [0.2, 0.25) is 0 Å². The fraction of sp³-hybridized carbons (Fsp3) is 0.346. The molecule has 2 aromatic rings. The molecule has 35 heavy (non-hydrogen) atoms. The third-order valence-electron chi connectivity index (χ3n) is 5.44. The summed E-state index contributed by atoms with van der Waals surface area (Å²) >= 11 is 4.88. The number of rotatable bonds is 6. The molecule has 0 atom stereocenters. The molecule has 4 rings (SSSR count). The van der Waals surface area contributed by atoms with Gasteiger partial charge in [0.05, 0.1) is 34.4 Å². The second-order valence-corrected chi connectivity index (χ2v) is 10.2. The van der Waals surface area contributed by atoms with Crippen molar-refractivity contribution in [2.75, 3.05) is 32.8 Å². The number of aliphatic imine (C=N–C) groups is 1. The maximum atomic E-state index is 13.1. The van der Waals surface area contributed by atoms with Gasteiger partial charge >= 0.3 is 0 Å². The molecule has 0 spiro atoms. The third kappa shape index (κ3) is 6.15. The molecule has 2 amide bonds. The van der Waals surface area contributed by atoms with E-state index in [1.807, 2.05) is 57.2 Å². The summed E-state index contributed by atoms with van der Waals surface area (Å²) in [5, 5.41) is 0.596. The molecule has 2 heterocycles. The molecule has 0 bridgehead atoms.